The number of aromatic amines is 1. The molecule has 1 aromatic carbocycles. The van der Waals surface area contributed by atoms with Crippen LogP contribution in [0.25, 0.3) is 44.5 Å². The average Bonchev–Trinajstić information content (AvgIpc) is 3.68. The summed E-state index contributed by atoms with van der Waals surface area (Å²) in [7, 11) is 6.38. The van der Waals surface area contributed by atoms with E-state index in [-0.39, 0.29) is 23.5 Å². The van der Waals surface area contributed by atoms with Crippen LogP contribution >= 0.6 is 0 Å². The summed E-state index contributed by atoms with van der Waals surface area (Å²) in [6, 6.07) is 4.19. The Hall–Kier alpha value is -4.81. The number of hydrogen-bond donors (Lipinski definition) is 3. The average molecular weight is 550 g/mol. The van der Waals surface area contributed by atoms with Crippen LogP contribution in [-0.2, 0) is 14.1 Å². The summed E-state index contributed by atoms with van der Waals surface area (Å²) >= 11 is 0. The van der Waals surface area contributed by atoms with Gasteiger partial charge in [0, 0.05) is 37.9 Å². The van der Waals surface area contributed by atoms with Crippen molar-refractivity contribution in [1.82, 2.24) is 34.2 Å². The van der Waals surface area contributed by atoms with E-state index >= 15 is 4.39 Å². The van der Waals surface area contributed by atoms with E-state index in [0.29, 0.717) is 69.6 Å². The third-order valence-corrected chi connectivity index (χ3v) is 7.67. The fourth-order valence-electron chi connectivity index (χ4n) is 5.92. The van der Waals surface area contributed by atoms with Crippen molar-refractivity contribution in [1.29, 1.82) is 0 Å². The number of nitrogens with zero attached hydrogens (tertiary/aromatic N) is 5. The molecule has 13 heteroatoms. The Kier molecular flexibility index (Phi) is 6.01. The maximum atomic E-state index is 15.1. The highest BCUT2D eigenvalue weighted by molar-refractivity contribution is 6.14. The molecule has 4 aromatic heterocycles. The van der Waals surface area contributed by atoms with Gasteiger partial charge in [-0.05, 0) is 37.0 Å². The Morgan fingerprint density at radius 2 is 2.02 bits per heavy atom. The van der Waals surface area contributed by atoms with Crippen molar-refractivity contribution < 1.29 is 23.8 Å². The molecule has 0 radical (unpaired) electrons. The number of carbonyl (C=O) groups is 1. The van der Waals surface area contributed by atoms with E-state index in [1.165, 1.54) is 24.9 Å². The molecule has 1 aliphatic carbocycles. The van der Waals surface area contributed by atoms with Crippen molar-refractivity contribution in [3.8, 4) is 34.0 Å². The number of ether oxygens (including phenoxy) is 2. The third-order valence-electron chi connectivity index (χ3n) is 7.67. The minimum absolute atomic E-state index is 0.104. The molecule has 0 aliphatic heterocycles. The summed E-state index contributed by atoms with van der Waals surface area (Å²) in [5, 5.41) is 16.8. The van der Waals surface area contributed by atoms with Crippen LogP contribution < -0.4 is 20.5 Å². The molecule has 208 valence electrons. The molecular formula is C27H28FN7O5. The van der Waals surface area contributed by atoms with E-state index in [9.17, 15) is 14.7 Å². The molecule has 1 aliphatic rings. The Morgan fingerprint density at radius 3 is 2.73 bits per heavy atom. The predicted molar refractivity (Wildman–Crippen MR) is 145 cm³/mol. The van der Waals surface area contributed by atoms with Gasteiger partial charge in [0.1, 0.15) is 5.65 Å². The summed E-state index contributed by atoms with van der Waals surface area (Å²) in [5.74, 6) is -0.0706. The second-order valence-corrected chi connectivity index (χ2v) is 9.99. The van der Waals surface area contributed by atoms with Gasteiger partial charge in [0.25, 0.3) is 0 Å². The van der Waals surface area contributed by atoms with Crippen molar-refractivity contribution in [2.24, 2.45) is 14.1 Å². The van der Waals surface area contributed by atoms with E-state index in [0.717, 1.165) is 0 Å². The second kappa shape index (κ2) is 9.43. The molecule has 1 amide bonds. The van der Waals surface area contributed by atoms with Crippen molar-refractivity contribution in [3.63, 3.8) is 0 Å². The molecule has 0 saturated heterocycles. The van der Waals surface area contributed by atoms with Crippen molar-refractivity contribution >= 4 is 28.2 Å². The molecular weight excluding hydrogens is 521 g/mol. The molecule has 0 spiro atoms. The van der Waals surface area contributed by atoms with Crippen LogP contribution in [0.3, 0.4) is 0 Å². The zero-order valence-electron chi connectivity index (χ0n) is 22.4. The third kappa shape index (κ3) is 3.88. The van der Waals surface area contributed by atoms with Gasteiger partial charge in [0.05, 0.1) is 48.1 Å². The fourth-order valence-corrected chi connectivity index (χ4v) is 5.92. The highest BCUT2D eigenvalue weighted by Gasteiger charge is 2.32. The lowest BCUT2D eigenvalue weighted by atomic mass is 9.99. The van der Waals surface area contributed by atoms with Crippen LogP contribution in [-0.4, -0.2) is 60.3 Å². The van der Waals surface area contributed by atoms with Gasteiger partial charge in [-0.25, -0.2) is 19.0 Å². The van der Waals surface area contributed by atoms with Gasteiger partial charge in [0.15, 0.2) is 11.6 Å². The van der Waals surface area contributed by atoms with E-state index in [4.69, 9.17) is 9.47 Å². The lowest BCUT2D eigenvalue weighted by molar-refractivity contribution is 0.190. The Morgan fingerprint density at radius 1 is 1.23 bits per heavy atom. The van der Waals surface area contributed by atoms with E-state index in [1.54, 1.807) is 47.9 Å². The molecule has 40 heavy (non-hydrogen) atoms. The second-order valence-electron chi connectivity index (χ2n) is 9.99. The van der Waals surface area contributed by atoms with Crippen molar-refractivity contribution in [2.45, 2.75) is 31.3 Å². The van der Waals surface area contributed by atoms with Crippen LogP contribution in [0.4, 0.5) is 9.18 Å². The standard InChI is InChI=1S/C27H28FN7O5/c1-33-12-16(25(32-33)40-4)22-20(13-5-8-19(39-3)17(28)9-13)21-23-18(11-29-24(21)31-22)34(2)27(38)35(23)15-7-6-14(10-15)30-26(36)37/h5,8-9,11-12,14-15,30H,6-7,10H2,1-4H3,(H,29,31)(H,36,37)/t14-,15-/m1/s1. The zero-order chi connectivity index (χ0) is 28.3. The largest absolute Gasteiger partial charge is 0.494 e. The number of carboxylic acid groups (broad SMARTS) is 1. The van der Waals surface area contributed by atoms with Crippen LogP contribution in [0.1, 0.15) is 25.3 Å². The van der Waals surface area contributed by atoms with Gasteiger partial charge in [-0.2, -0.15) is 0 Å². The van der Waals surface area contributed by atoms with Crippen molar-refractivity contribution in [2.75, 3.05) is 14.2 Å². The molecule has 4 heterocycles. The molecule has 2 atom stereocenters. The SMILES string of the molecule is COc1ccc(-c2c(-c3cn(C)nc3OC)[nH]c3ncc4c(c23)n([C@@H]2CC[C@@H](NC(=O)O)C2)c(=O)n4C)cc1F. The smallest absolute Gasteiger partial charge is 0.404 e. The summed E-state index contributed by atoms with van der Waals surface area (Å²) in [5.41, 5.74) is 3.90. The Balaban J connectivity index is 1.69. The van der Waals surface area contributed by atoms with Gasteiger partial charge in [0.2, 0.25) is 5.88 Å². The number of imidazole rings is 1. The van der Waals surface area contributed by atoms with Gasteiger partial charge < -0.3 is 24.9 Å². The molecule has 3 N–H and O–H groups in total. The number of hydrogen-bond acceptors (Lipinski definition) is 6. The number of methoxy groups -OCH3 is 2. The highest BCUT2D eigenvalue weighted by atomic mass is 19.1. The molecule has 12 nitrogen and oxygen atoms in total. The predicted octanol–water partition coefficient (Wildman–Crippen LogP) is 3.80. The van der Waals surface area contributed by atoms with E-state index < -0.39 is 11.9 Å². The number of aromatic nitrogens is 6. The molecule has 1 saturated carbocycles. The molecule has 6 rings (SSSR count). The minimum Gasteiger partial charge on any atom is -0.494 e. The van der Waals surface area contributed by atoms with Crippen LogP contribution in [0.5, 0.6) is 11.6 Å². The quantitative estimate of drug-likeness (QED) is 0.293. The maximum absolute atomic E-state index is 15.1. The van der Waals surface area contributed by atoms with E-state index in [2.05, 4.69) is 20.4 Å². The van der Waals surface area contributed by atoms with Gasteiger partial charge >= 0.3 is 11.8 Å². The summed E-state index contributed by atoms with van der Waals surface area (Å²) in [6.07, 6.45) is 4.03. The van der Waals surface area contributed by atoms with Crippen LogP contribution in [0.2, 0.25) is 0 Å². The lowest BCUT2D eigenvalue weighted by Crippen LogP contribution is -2.32. The van der Waals surface area contributed by atoms with Crippen LogP contribution in [0, 0.1) is 5.82 Å². The molecule has 1 fully saturated rings. The summed E-state index contributed by atoms with van der Waals surface area (Å²) < 4.78 is 30.7. The maximum Gasteiger partial charge on any atom is 0.404 e. The minimum atomic E-state index is -1.09. The molecule has 0 bridgehead atoms. The Bertz CT molecular complexity index is 1850. The van der Waals surface area contributed by atoms with Crippen molar-refractivity contribution in [3.05, 3.63) is 46.9 Å². The number of nitrogens with one attached hydrogen (secondary N) is 2. The summed E-state index contributed by atoms with van der Waals surface area (Å²) in [6.45, 7) is 0. The van der Waals surface area contributed by atoms with Gasteiger partial charge in [-0.15, -0.1) is 5.10 Å². The first kappa shape index (κ1) is 25.5. The fraction of sp³-hybridized carbons (Fsp3) is 0.333. The first-order chi connectivity index (χ1) is 19.2. The molecule has 5 aromatic rings. The highest BCUT2D eigenvalue weighted by Crippen LogP contribution is 2.44. The monoisotopic (exact) mass is 549 g/mol. The van der Waals surface area contributed by atoms with Gasteiger partial charge in [-0.1, -0.05) is 6.07 Å². The summed E-state index contributed by atoms with van der Waals surface area (Å²) in [4.78, 5) is 33.0. The van der Waals surface area contributed by atoms with E-state index in [1.807, 2.05) is 0 Å². The van der Waals surface area contributed by atoms with Crippen LogP contribution in [0.15, 0.2) is 35.4 Å². The number of halogens is 1. The first-order valence-corrected chi connectivity index (χ1v) is 12.7. The number of rotatable bonds is 6. The number of aryl methyl sites for hydroxylation is 2. The zero-order valence-corrected chi connectivity index (χ0v) is 22.4. The number of fused-ring (bicyclic) bond motifs is 3. The number of pyridine rings is 1. The lowest BCUT2D eigenvalue weighted by Gasteiger charge is -2.14. The molecule has 0 unspecified atom stereocenters. The number of H-pyrrole nitrogens is 1. The number of benzene rings is 1. The first-order valence-electron chi connectivity index (χ1n) is 12.7. The topological polar surface area (TPSA) is 141 Å². The Labute approximate surface area is 226 Å². The van der Waals surface area contributed by atoms with Gasteiger partial charge in [-0.3, -0.25) is 13.8 Å². The number of amides is 1. The normalized spacial score (nSPS) is 17.1.